The summed E-state index contributed by atoms with van der Waals surface area (Å²) in [4.78, 5) is 21.5. The van der Waals surface area contributed by atoms with Crippen molar-refractivity contribution < 1.29 is 14.3 Å². The lowest BCUT2D eigenvalue weighted by Crippen LogP contribution is -2.35. The van der Waals surface area contributed by atoms with Crippen molar-refractivity contribution in [1.29, 1.82) is 0 Å². The van der Waals surface area contributed by atoms with Gasteiger partial charge in [0.25, 0.3) is 5.91 Å². The zero-order chi connectivity index (χ0) is 19.9. The molecule has 1 heterocycles. The summed E-state index contributed by atoms with van der Waals surface area (Å²) in [5, 5.41) is 6.27. The van der Waals surface area contributed by atoms with Crippen molar-refractivity contribution in [2.75, 3.05) is 19.5 Å². The molecule has 0 unspecified atom stereocenters. The van der Waals surface area contributed by atoms with Gasteiger partial charge in [-0.15, -0.1) is 0 Å². The van der Waals surface area contributed by atoms with E-state index in [9.17, 15) is 4.79 Å². The van der Waals surface area contributed by atoms with Crippen LogP contribution in [-0.2, 0) is 0 Å². The van der Waals surface area contributed by atoms with Crippen LogP contribution in [-0.4, -0.2) is 36.1 Å². The maximum absolute atomic E-state index is 12.7. The fraction of sp³-hybridized carbons (Fsp3) is 0.476. The number of carbonyl (C=O) groups excluding carboxylic acids is 1. The van der Waals surface area contributed by atoms with Crippen molar-refractivity contribution >= 4 is 17.5 Å². The van der Waals surface area contributed by atoms with Crippen LogP contribution < -0.4 is 20.1 Å². The Balaban J connectivity index is 1.76. The third kappa shape index (κ3) is 5.12. The minimum Gasteiger partial charge on any atom is -0.497 e. The molecule has 0 spiro atoms. The molecule has 0 radical (unpaired) electrons. The Kier molecular flexibility index (Phi) is 6.68. The van der Waals surface area contributed by atoms with Gasteiger partial charge in [0.15, 0.2) is 0 Å². The van der Waals surface area contributed by atoms with Crippen LogP contribution in [0.1, 0.15) is 54.7 Å². The van der Waals surface area contributed by atoms with E-state index in [-0.39, 0.29) is 11.9 Å². The Morgan fingerprint density at radius 1 is 1.04 bits per heavy atom. The Labute approximate surface area is 165 Å². The molecule has 2 N–H and O–H groups in total. The quantitative estimate of drug-likeness (QED) is 0.732. The molecule has 2 aromatic rings. The standard InChI is InChI=1S/C21H28N4O3/c1-14-12-18(20(26)23-15-8-6-4-5-7-9-15)25-21(22-14)24-17-11-10-16(27-2)13-19(17)28-3/h10-13,15H,4-9H2,1-3H3,(H,23,26)(H,22,24,25). The number of nitrogens with one attached hydrogen (secondary N) is 2. The predicted octanol–water partition coefficient (Wildman–Crippen LogP) is 4.00. The van der Waals surface area contributed by atoms with Gasteiger partial charge in [0, 0.05) is 17.8 Å². The topological polar surface area (TPSA) is 85.4 Å². The second-order valence-corrected chi connectivity index (χ2v) is 7.07. The van der Waals surface area contributed by atoms with Gasteiger partial charge in [0.2, 0.25) is 5.95 Å². The second kappa shape index (κ2) is 9.39. The van der Waals surface area contributed by atoms with E-state index < -0.39 is 0 Å². The van der Waals surface area contributed by atoms with Crippen LogP contribution in [0.3, 0.4) is 0 Å². The van der Waals surface area contributed by atoms with Gasteiger partial charge in [0.05, 0.1) is 19.9 Å². The van der Waals surface area contributed by atoms with E-state index in [4.69, 9.17) is 9.47 Å². The van der Waals surface area contributed by atoms with Crippen molar-refractivity contribution in [3.05, 3.63) is 35.7 Å². The number of rotatable bonds is 6. The predicted molar refractivity (Wildman–Crippen MR) is 109 cm³/mol. The van der Waals surface area contributed by atoms with Crippen LogP contribution in [0.15, 0.2) is 24.3 Å². The summed E-state index contributed by atoms with van der Waals surface area (Å²) in [5.74, 6) is 1.50. The molecular weight excluding hydrogens is 356 g/mol. The van der Waals surface area contributed by atoms with E-state index in [1.165, 1.54) is 12.8 Å². The minimum absolute atomic E-state index is 0.151. The second-order valence-electron chi connectivity index (χ2n) is 7.07. The van der Waals surface area contributed by atoms with E-state index in [2.05, 4.69) is 20.6 Å². The number of hydrogen-bond acceptors (Lipinski definition) is 6. The molecule has 3 rings (SSSR count). The van der Waals surface area contributed by atoms with Crippen LogP contribution in [0, 0.1) is 6.92 Å². The first-order valence-corrected chi connectivity index (χ1v) is 9.74. The number of aryl methyl sites for hydroxylation is 1. The molecule has 1 saturated carbocycles. The van der Waals surface area contributed by atoms with Gasteiger partial charge in [-0.2, -0.15) is 0 Å². The number of amides is 1. The number of benzene rings is 1. The van der Waals surface area contributed by atoms with Crippen molar-refractivity contribution in [3.63, 3.8) is 0 Å². The van der Waals surface area contributed by atoms with Crippen molar-refractivity contribution in [1.82, 2.24) is 15.3 Å². The van der Waals surface area contributed by atoms with E-state index in [0.717, 1.165) is 31.4 Å². The first-order valence-electron chi connectivity index (χ1n) is 9.74. The smallest absolute Gasteiger partial charge is 0.270 e. The summed E-state index contributed by atoms with van der Waals surface area (Å²) < 4.78 is 10.6. The Bertz CT molecular complexity index is 817. The number of aromatic nitrogens is 2. The van der Waals surface area contributed by atoms with Gasteiger partial charge in [-0.1, -0.05) is 25.7 Å². The van der Waals surface area contributed by atoms with Gasteiger partial charge >= 0.3 is 0 Å². The molecule has 1 aromatic heterocycles. The molecule has 1 amide bonds. The summed E-state index contributed by atoms with van der Waals surface area (Å²) in [6.45, 7) is 1.85. The average Bonchev–Trinajstić information content (AvgIpc) is 2.96. The van der Waals surface area contributed by atoms with Gasteiger partial charge < -0.3 is 20.1 Å². The first-order chi connectivity index (χ1) is 13.6. The fourth-order valence-electron chi connectivity index (χ4n) is 3.45. The zero-order valence-electron chi connectivity index (χ0n) is 16.7. The maximum Gasteiger partial charge on any atom is 0.270 e. The van der Waals surface area contributed by atoms with Crippen LogP contribution in [0.2, 0.25) is 0 Å². The van der Waals surface area contributed by atoms with Crippen molar-refractivity contribution in [3.8, 4) is 11.5 Å². The molecule has 28 heavy (non-hydrogen) atoms. The fourth-order valence-corrected chi connectivity index (χ4v) is 3.45. The summed E-state index contributed by atoms with van der Waals surface area (Å²) in [6.07, 6.45) is 6.89. The van der Waals surface area contributed by atoms with Crippen LogP contribution in [0.25, 0.3) is 0 Å². The number of carbonyl (C=O) groups is 1. The highest BCUT2D eigenvalue weighted by molar-refractivity contribution is 5.93. The molecular formula is C21H28N4O3. The van der Waals surface area contributed by atoms with Crippen molar-refractivity contribution in [2.24, 2.45) is 0 Å². The summed E-state index contributed by atoms with van der Waals surface area (Å²) in [7, 11) is 3.19. The minimum atomic E-state index is -0.151. The van der Waals surface area contributed by atoms with Gasteiger partial charge in [0.1, 0.15) is 17.2 Å². The molecule has 7 heteroatoms. The number of methoxy groups -OCH3 is 2. The number of anilines is 2. The highest BCUT2D eigenvalue weighted by Gasteiger charge is 2.18. The maximum atomic E-state index is 12.7. The molecule has 0 atom stereocenters. The lowest BCUT2D eigenvalue weighted by molar-refractivity contribution is 0.0928. The third-order valence-electron chi connectivity index (χ3n) is 4.93. The van der Waals surface area contributed by atoms with Crippen molar-refractivity contribution in [2.45, 2.75) is 51.5 Å². The summed E-state index contributed by atoms with van der Waals surface area (Å²) >= 11 is 0. The van der Waals surface area contributed by atoms with Gasteiger partial charge in [-0.3, -0.25) is 4.79 Å². The lowest BCUT2D eigenvalue weighted by Gasteiger charge is -2.16. The normalized spacial score (nSPS) is 14.8. The number of nitrogens with zero attached hydrogens (tertiary/aromatic N) is 2. The van der Waals surface area contributed by atoms with Gasteiger partial charge in [-0.05, 0) is 38.0 Å². The number of hydrogen-bond donors (Lipinski definition) is 2. The molecule has 0 bridgehead atoms. The Hall–Kier alpha value is -2.83. The van der Waals surface area contributed by atoms with Crippen LogP contribution in [0.4, 0.5) is 11.6 Å². The van der Waals surface area contributed by atoms with E-state index >= 15 is 0 Å². The highest BCUT2D eigenvalue weighted by atomic mass is 16.5. The first kappa shape index (κ1) is 19.9. The molecule has 7 nitrogen and oxygen atoms in total. The lowest BCUT2D eigenvalue weighted by atomic mass is 10.1. The SMILES string of the molecule is COc1ccc(Nc2nc(C)cc(C(=O)NC3CCCCCC3)n2)c(OC)c1. The Morgan fingerprint density at radius 3 is 2.46 bits per heavy atom. The highest BCUT2D eigenvalue weighted by Crippen LogP contribution is 2.30. The largest absolute Gasteiger partial charge is 0.497 e. The number of ether oxygens (including phenoxy) is 2. The summed E-state index contributed by atoms with van der Waals surface area (Å²) in [6, 6.07) is 7.36. The van der Waals surface area contributed by atoms with Crippen LogP contribution >= 0.6 is 0 Å². The monoisotopic (exact) mass is 384 g/mol. The van der Waals surface area contributed by atoms with Crippen LogP contribution in [0.5, 0.6) is 11.5 Å². The van der Waals surface area contributed by atoms with E-state index in [1.54, 1.807) is 26.4 Å². The Morgan fingerprint density at radius 2 is 1.79 bits per heavy atom. The summed E-state index contributed by atoms with van der Waals surface area (Å²) in [5.41, 5.74) is 1.78. The van der Waals surface area contributed by atoms with E-state index in [0.29, 0.717) is 28.8 Å². The molecule has 0 aliphatic heterocycles. The zero-order valence-corrected chi connectivity index (χ0v) is 16.7. The molecule has 150 valence electrons. The van der Waals surface area contributed by atoms with Gasteiger partial charge in [-0.25, -0.2) is 9.97 Å². The average molecular weight is 384 g/mol. The third-order valence-corrected chi connectivity index (χ3v) is 4.93. The van der Waals surface area contributed by atoms with E-state index in [1.807, 2.05) is 19.1 Å². The molecule has 1 aromatic carbocycles. The molecule has 1 fully saturated rings. The molecule has 0 saturated heterocycles. The molecule has 1 aliphatic rings. The molecule has 1 aliphatic carbocycles.